The van der Waals surface area contributed by atoms with Crippen molar-refractivity contribution >= 4 is 22.0 Å². The van der Waals surface area contributed by atoms with Gasteiger partial charge in [0.05, 0.1) is 19.3 Å². The Morgan fingerprint density at radius 2 is 2.04 bits per heavy atom. The molecule has 0 saturated carbocycles. The molecule has 1 rings (SSSR count). The lowest BCUT2D eigenvalue weighted by atomic mass is 9.99. The van der Waals surface area contributed by atoms with Crippen LogP contribution < -0.4 is 5.32 Å². The van der Waals surface area contributed by atoms with Crippen LogP contribution >= 0.6 is 0 Å². The van der Waals surface area contributed by atoms with Gasteiger partial charge in [0.15, 0.2) is 5.96 Å². The minimum atomic E-state index is -3.16. The molecule has 146 valence electrons. The van der Waals surface area contributed by atoms with Crippen LogP contribution in [-0.4, -0.2) is 82.2 Å². The van der Waals surface area contributed by atoms with Crippen molar-refractivity contribution in [3.63, 3.8) is 0 Å². The number of nitrogens with zero attached hydrogens (tertiary/aromatic N) is 3. The number of carbonyl (C=O) groups is 1. The highest BCUT2D eigenvalue weighted by atomic mass is 32.2. The lowest BCUT2D eigenvalue weighted by molar-refractivity contribution is -0.145. The SMILES string of the molecule is CCNC(=NCCCN(CC)S(C)(=O)=O)N1CC(C)C(C(=O)OC)C1. The summed E-state index contributed by atoms with van der Waals surface area (Å²) < 4.78 is 29.5. The van der Waals surface area contributed by atoms with Crippen molar-refractivity contribution in [2.75, 3.05) is 52.6 Å². The van der Waals surface area contributed by atoms with Crippen LogP contribution in [0.5, 0.6) is 0 Å². The first-order valence-corrected chi connectivity index (χ1v) is 10.7. The zero-order valence-electron chi connectivity index (χ0n) is 16.0. The number of hydrogen-bond acceptors (Lipinski definition) is 5. The second kappa shape index (κ2) is 9.96. The average molecular weight is 377 g/mol. The van der Waals surface area contributed by atoms with Crippen LogP contribution in [0.15, 0.2) is 4.99 Å². The molecule has 0 radical (unpaired) electrons. The summed E-state index contributed by atoms with van der Waals surface area (Å²) in [6, 6.07) is 0. The maximum absolute atomic E-state index is 11.8. The van der Waals surface area contributed by atoms with E-state index in [9.17, 15) is 13.2 Å². The summed E-state index contributed by atoms with van der Waals surface area (Å²) >= 11 is 0. The highest BCUT2D eigenvalue weighted by molar-refractivity contribution is 7.88. The molecule has 1 aliphatic rings. The Hall–Kier alpha value is -1.35. The number of methoxy groups -OCH3 is 1. The summed E-state index contributed by atoms with van der Waals surface area (Å²) in [6.45, 7) is 9.38. The molecule has 0 aromatic carbocycles. The number of rotatable bonds is 8. The monoisotopic (exact) mass is 376 g/mol. The van der Waals surface area contributed by atoms with Gasteiger partial charge in [-0.05, 0) is 19.3 Å². The quantitative estimate of drug-likeness (QED) is 0.285. The van der Waals surface area contributed by atoms with Crippen LogP contribution in [0.3, 0.4) is 0 Å². The third-order valence-electron chi connectivity index (χ3n) is 4.40. The van der Waals surface area contributed by atoms with E-state index in [-0.39, 0.29) is 17.8 Å². The molecular formula is C16H32N4O4S. The molecule has 1 saturated heterocycles. The third-order valence-corrected chi connectivity index (χ3v) is 5.78. The Kier molecular flexibility index (Phi) is 8.64. The molecule has 9 heteroatoms. The highest BCUT2D eigenvalue weighted by Crippen LogP contribution is 2.24. The maximum Gasteiger partial charge on any atom is 0.310 e. The van der Waals surface area contributed by atoms with E-state index in [2.05, 4.69) is 15.2 Å². The van der Waals surface area contributed by atoms with Gasteiger partial charge in [-0.3, -0.25) is 9.79 Å². The van der Waals surface area contributed by atoms with Crippen LogP contribution in [0, 0.1) is 11.8 Å². The number of sulfonamides is 1. The fraction of sp³-hybridized carbons (Fsp3) is 0.875. The number of ether oxygens (including phenoxy) is 1. The molecule has 1 heterocycles. The van der Waals surface area contributed by atoms with Crippen molar-refractivity contribution in [1.82, 2.24) is 14.5 Å². The van der Waals surface area contributed by atoms with Crippen molar-refractivity contribution in [2.45, 2.75) is 27.2 Å². The fourth-order valence-electron chi connectivity index (χ4n) is 3.01. The molecule has 1 fully saturated rings. The normalized spacial score (nSPS) is 21.7. The smallest absolute Gasteiger partial charge is 0.310 e. The minimum absolute atomic E-state index is 0.144. The molecular weight excluding hydrogens is 344 g/mol. The van der Waals surface area contributed by atoms with Gasteiger partial charge in [-0.1, -0.05) is 13.8 Å². The van der Waals surface area contributed by atoms with Crippen LogP contribution in [0.2, 0.25) is 0 Å². The van der Waals surface area contributed by atoms with Gasteiger partial charge < -0.3 is 15.0 Å². The van der Waals surface area contributed by atoms with Gasteiger partial charge in [0.2, 0.25) is 10.0 Å². The van der Waals surface area contributed by atoms with Crippen molar-refractivity contribution in [1.29, 1.82) is 0 Å². The summed E-state index contributed by atoms with van der Waals surface area (Å²) in [5, 5.41) is 3.25. The zero-order valence-corrected chi connectivity index (χ0v) is 16.8. The van der Waals surface area contributed by atoms with E-state index < -0.39 is 10.0 Å². The van der Waals surface area contributed by atoms with Gasteiger partial charge in [-0.2, -0.15) is 0 Å². The van der Waals surface area contributed by atoms with E-state index >= 15 is 0 Å². The molecule has 8 nitrogen and oxygen atoms in total. The molecule has 0 bridgehead atoms. The molecule has 2 unspecified atom stereocenters. The molecule has 1 N–H and O–H groups in total. The molecule has 0 aromatic rings. The Labute approximate surface area is 151 Å². The Bertz CT molecular complexity index is 564. The largest absolute Gasteiger partial charge is 0.469 e. The molecule has 25 heavy (non-hydrogen) atoms. The highest BCUT2D eigenvalue weighted by Gasteiger charge is 2.36. The summed E-state index contributed by atoms with van der Waals surface area (Å²) in [5.41, 5.74) is 0. The Balaban J connectivity index is 2.64. The zero-order chi connectivity index (χ0) is 19.0. The predicted octanol–water partition coefficient (Wildman–Crippen LogP) is 0.364. The van der Waals surface area contributed by atoms with Crippen molar-refractivity contribution < 1.29 is 17.9 Å². The number of hydrogen-bond donors (Lipinski definition) is 1. The number of likely N-dealkylation sites (tertiary alicyclic amines) is 1. The van der Waals surface area contributed by atoms with Crippen molar-refractivity contribution in [3.05, 3.63) is 0 Å². The van der Waals surface area contributed by atoms with E-state index in [1.807, 2.05) is 20.8 Å². The topological polar surface area (TPSA) is 91.3 Å². The van der Waals surface area contributed by atoms with E-state index in [1.54, 1.807) is 0 Å². The van der Waals surface area contributed by atoms with Crippen LogP contribution in [0.25, 0.3) is 0 Å². The van der Waals surface area contributed by atoms with E-state index in [0.29, 0.717) is 32.6 Å². The first-order chi connectivity index (χ1) is 11.7. The first-order valence-electron chi connectivity index (χ1n) is 8.80. The van der Waals surface area contributed by atoms with E-state index in [1.165, 1.54) is 17.7 Å². The van der Waals surface area contributed by atoms with Gasteiger partial charge in [0.1, 0.15) is 0 Å². The Morgan fingerprint density at radius 1 is 1.36 bits per heavy atom. The first kappa shape index (κ1) is 21.7. The van der Waals surface area contributed by atoms with Crippen LogP contribution in [0.4, 0.5) is 0 Å². The number of nitrogens with one attached hydrogen (secondary N) is 1. The van der Waals surface area contributed by atoms with Crippen LogP contribution in [-0.2, 0) is 19.6 Å². The minimum Gasteiger partial charge on any atom is -0.469 e. The molecule has 0 aliphatic carbocycles. The van der Waals surface area contributed by atoms with Crippen molar-refractivity contribution in [3.8, 4) is 0 Å². The standard InChI is InChI=1S/C16H32N4O4S/c1-6-17-16(18-9-8-10-20(7-2)25(5,22)23)19-11-13(3)14(12-19)15(21)24-4/h13-14H,6-12H2,1-5H3,(H,17,18). The fourth-order valence-corrected chi connectivity index (χ4v) is 3.94. The number of aliphatic imine (C=N–C) groups is 1. The van der Waals surface area contributed by atoms with Crippen LogP contribution in [0.1, 0.15) is 27.2 Å². The van der Waals surface area contributed by atoms with Gasteiger partial charge in [0.25, 0.3) is 0 Å². The molecule has 0 aromatic heterocycles. The Morgan fingerprint density at radius 3 is 2.56 bits per heavy atom. The number of carbonyl (C=O) groups excluding carboxylic acids is 1. The third kappa shape index (κ3) is 6.47. The van der Waals surface area contributed by atoms with Gasteiger partial charge >= 0.3 is 5.97 Å². The van der Waals surface area contributed by atoms with Gasteiger partial charge in [0, 0.05) is 39.3 Å². The molecule has 2 atom stereocenters. The average Bonchev–Trinajstić information content (AvgIpc) is 2.93. The summed E-state index contributed by atoms with van der Waals surface area (Å²) in [5.74, 6) is 0.646. The number of esters is 1. The summed E-state index contributed by atoms with van der Waals surface area (Å²) in [6.07, 6.45) is 1.88. The van der Waals surface area contributed by atoms with E-state index in [4.69, 9.17) is 4.74 Å². The summed E-state index contributed by atoms with van der Waals surface area (Å²) in [7, 11) is -1.75. The molecule has 1 aliphatic heterocycles. The lowest BCUT2D eigenvalue weighted by Gasteiger charge is -2.22. The van der Waals surface area contributed by atoms with Gasteiger partial charge in [-0.25, -0.2) is 12.7 Å². The summed E-state index contributed by atoms with van der Waals surface area (Å²) in [4.78, 5) is 18.5. The lowest BCUT2D eigenvalue weighted by Crippen LogP contribution is -2.41. The number of guanidine groups is 1. The molecule has 0 amide bonds. The predicted molar refractivity (Wildman–Crippen MR) is 98.9 cm³/mol. The second-order valence-corrected chi connectivity index (χ2v) is 8.34. The van der Waals surface area contributed by atoms with Gasteiger partial charge in [-0.15, -0.1) is 0 Å². The molecule has 0 spiro atoms. The maximum atomic E-state index is 11.8. The van der Waals surface area contributed by atoms with Crippen molar-refractivity contribution in [2.24, 2.45) is 16.8 Å². The van der Waals surface area contributed by atoms with E-state index in [0.717, 1.165) is 19.0 Å². The second-order valence-electron chi connectivity index (χ2n) is 6.36.